The Morgan fingerprint density at radius 3 is 2.29 bits per heavy atom. The lowest BCUT2D eigenvalue weighted by atomic mass is 9.79. The molecule has 1 atom stereocenters. The Hall–Kier alpha value is -0.990. The molecule has 1 N–H and O–H groups in total. The zero-order valence-corrected chi connectivity index (χ0v) is 17.2. The molecule has 3 heteroatoms. The van der Waals surface area contributed by atoms with Crippen molar-refractivity contribution < 1.29 is 9.53 Å². The number of carbonyl (C=O) groups excluding carboxylic acids is 1. The van der Waals surface area contributed by atoms with Crippen molar-refractivity contribution in [2.45, 2.75) is 92.4 Å². The SMILES string of the molecule is C=C(C)NCCCC(=O)OC.CC.CCCC(C)C1CCCCC1. The predicted molar refractivity (Wildman–Crippen MR) is 106 cm³/mol. The van der Waals surface area contributed by atoms with Crippen LogP contribution in [0.3, 0.4) is 0 Å². The maximum atomic E-state index is 10.6. The van der Waals surface area contributed by atoms with E-state index >= 15 is 0 Å². The van der Waals surface area contributed by atoms with Crippen LogP contribution >= 0.6 is 0 Å². The summed E-state index contributed by atoms with van der Waals surface area (Å²) in [6.07, 6.45) is 11.6. The first-order chi connectivity index (χ1) is 11.5. The summed E-state index contributed by atoms with van der Waals surface area (Å²) >= 11 is 0. The van der Waals surface area contributed by atoms with E-state index in [1.165, 1.54) is 52.1 Å². The summed E-state index contributed by atoms with van der Waals surface area (Å²) in [6.45, 7) is 15.1. The van der Waals surface area contributed by atoms with E-state index < -0.39 is 0 Å². The molecule has 0 radical (unpaired) electrons. The molecule has 24 heavy (non-hydrogen) atoms. The lowest BCUT2D eigenvalue weighted by molar-refractivity contribution is -0.140. The van der Waals surface area contributed by atoms with Gasteiger partial charge in [0.1, 0.15) is 0 Å². The molecule has 144 valence electrons. The second-order valence-electron chi connectivity index (χ2n) is 6.55. The van der Waals surface area contributed by atoms with Crippen molar-refractivity contribution in [3.63, 3.8) is 0 Å². The smallest absolute Gasteiger partial charge is 0.305 e. The van der Waals surface area contributed by atoms with Crippen LogP contribution in [0, 0.1) is 11.8 Å². The lowest BCUT2D eigenvalue weighted by Crippen LogP contribution is -2.14. The molecule has 0 saturated heterocycles. The molecular weight excluding hydrogens is 298 g/mol. The molecule has 1 rings (SSSR count). The number of methoxy groups -OCH3 is 1. The van der Waals surface area contributed by atoms with Gasteiger partial charge in [-0.1, -0.05) is 79.2 Å². The third kappa shape index (κ3) is 15.9. The van der Waals surface area contributed by atoms with Gasteiger partial charge in [-0.2, -0.15) is 0 Å². The molecule has 0 aromatic carbocycles. The number of nitrogens with one attached hydrogen (secondary N) is 1. The highest BCUT2D eigenvalue weighted by Crippen LogP contribution is 2.31. The molecule has 0 aliphatic heterocycles. The minimum Gasteiger partial charge on any atom is -0.469 e. The Morgan fingerprint density at radius 1 is 1.25 bits per heavy atom. The van der Waals surface area contributed by atoms with E-state index in [2.05, 4.69) is 30.5 Å². The lowest BCUT2D eigenvalue weighted by Gasteiger charge is -2.27. The van der Waals surface area contributed by atoms with E-state index in [1.54, 1.807) is 0 Å². The second kappa shape index (κ2) is 18.4. The molecule has 1 aliphatic carbocycles. The summed E-state index contributed by atoms with van der Waals surface area (Å²) in [5, 5.41) is 3.02. The average molecular weight is 342 g/mol. The Labute approximate surface area is 151 Å². The first kappa shape index (κ1) is 25.3. The maximum absolute atomic E-state index is 10.6. The van der Waals surface area contributed by atoms with Crippen LogP contribution < -0.4 is 5.32 Å². The van der Waals surface area contributed by atoms with Gasteiger partial charge in [-0.05, 0) is 25.2 Å². The molecule has 0 aromatic heterocycles. The van der Waals surface area contributed by atoms with Crippen LogP contribution in [0.5, 0.6) is 0 Å². The summed E-state index contributed by atoms with van der Waals surface area (Å²) in [7, 11) is 1.40. The second-order valence-corrected chi connectivity index (χ2v) is 6.55. The van der Waals surface area contributed by atoms with Gasteiger partial charge in [0.25, 0.3) is 0 Å². The zero-order chi connectivity index (χ0) is 18.8. The molecule has 1 saturated carbocycles. The zero-order valence-electron chi connectivity index (χ0n) is 17.2. The van der Waals surface area contributed by atoms with E-state index in [4.69, 9.17) is 0 Å². The van der Waals surface area contributed by atoms with E-state index in [1.807, 2.05) is 20.8 Å². The van der Waals surface area contributed by atoms with Gasteiger partial charge in [-0.3, -0.25) is 4.79 Å². The largest absolute Gasteiger partial charge is 0.469 e. The Balaban J connectivity index is 0. The summed E-state index contributed by atoms with van der Waals surface area (Å²) in [5.41, 5.74) is 0.926. The summed E-state index contributed by atoms with van der Waals surface area (Å²) in [6, 6.07) is 0. The number of ether oxygens (including phenoxy) is 1. The minimum absolute atomic E-state index is 0.159. The highest BCUT2D eigenvalue weighted by molar-refractivity contribution is 5.69. The topological polar surface area (TPSA) is 38.3 Å². The molecule has 3 nitrogen and oxygen atoms in total. The van der Waals surface area contributed by atoms with Crippen LogP contribution in [0.15, 0.2) is 12.3 Å². The Bertz CT molecular complexity index is 296. The quantitative estimate of drug-likeness (QED) is 0.429. The molecule has 0 bridgehead atoms. The third-order valence-corrected chi connectivity index (χ3v) is 4.41. The predicted octanol–water partition coefficient (Wildman–Crippen LogP) is 6.09. The van der Waals surface area contributed by atoms with Crippen LogP contribution in [0.1, 0.15) is 92.4 Å². The van der Waals surface area contributed by atoms with Crippen molar-refractivity contribution in [3.8, 4) is 0 Å². The molecule has 1 fully saturated rings. The van der Waals surface area contributed by atoms with Gasteiger partial charge in [-0.15, -0.1) is 0 Å². The van der Waals surface area contributed by atoms with Crippen LogP contribution in [0.2, 0.25) is 0 Å². The first-order valence-corrected chi connectivity index (χ1v) is 9.97. The third-order valence-electron chi connectivity index (χ3n) is 4.41. The number of hydrogen-bond donors (Lipinski definition) is 1. The van der Waals surface area contributed by atoms with Gasteiger partial charge in [0.2, 0.25) is 0 Å². The van der Waals surface area contributed by atoms with Crippen molar-refractivity contribution in [3.05, 3.63) is 12.3 Å². The van der Waals surface area contributed by atoms with Crippen molar-refractivity contribution in [2.24, 2.45) is 11.8 Å². The van der Waals surface area contributed by atoms with Gasteiger partial charge in [-0.25, -0.2) is 0 Å². The molecule has 0 aromatic rings. The maximum Gasteiger partial charge on any atom is 0.305 e. The fourth-order valence-corrected chi connectivity index (χ4v) is 3.03. The number of esters is 1. The molecule has 1 aliphatic rings. The summed E-state index contributed by atoms with van der Waals surface area (Å²) in [4.78, 5) is 10.6. The fourth-order valence-electron chi connectivity index (χ4n) is 3.03. The van der Waals surface area contributed by atoms with Crippen LogP contribution in [0.25, 0.3) is 0 Å². The van der Waals surface area contributed by atoms with Gasteiger partial charge in [0.05, 0.1) is 7.11 Å². The number of carbonyl (C=O) groups is 1. The van der Waals surface area contributed by atoms with Crippen molar-refractivity contribution in [1.29, 1.82) is 0 Å². The van der Waals surface area contributed by atoms with Crippen molar-refractivity contribution in [1.82, 2.24) is 5.32 Å². The monoisotopic (exact) mass is 341 g/mol. The van der Waals surface area contributed by atoms with E-state index in [-0.39, 0.29) is 5.97 Å². The number of allylic oxidation sites excluding steroid dienone is 1. The van der Waals surface area contributed by atoms with Gasteiger partial charge < -0.3 is 10.1 Å². The molecule has 1 unspecified atom stereocenters. The Morgan fingerprint density at radius 2 is 1.83 bits per heavy atom. The van der Waals surface area contributed by atoms with Crippen LogP contribution in [0.4, 0.5) is 0 Å². The normalized spacial score (nSPS) is 15.1. The van der Waals surface area contributed by atoms with Crippen LogP contribution in [-0.2, 0) is 9.53 Å². The average Bonchev–Trinajstić information content (AvgIpc) is 2.61. The molecular formula is C21H43NO2. The summed E-state index contributed by atoms with van der Waals surface area (Å²) in [5.74, 6) is 1.91. The van der Waals surface area contributed by atoms with Gasteiger partial charge >= 0.3 is 5.97 Å². The van der Waals surface area contributed by atoms with Gasteiger partial charge in [0, 0.05) is 18.7 Å². The van der Waals surface area contributed by atoms with Crippen LogP contribution in [-0.4, -0.2) is 19.6 Å². The first-order valence-electron chi connectivity index (χ1n) is 9.97. The minimum atomic E-state index is -0.159. The number of rotatable bonds is 8. The molecule has 0 amide bonds. The van der Waals surface area contributed by atoms with E-state index in [0.717, 1.165) is 30.5 Å². The van der Waals surface area contributed by atoms with Crippen molar-refractivity contribution >= 4 is 5.97 Å². The molecule has 0 heterocycles. The summed E-state index contributed by atoms with van der Waals surface area (Å²) < 4.78 is 4.47. The van der Waals surface area contributed by atoms with E-state index in [9.17, 15) is 4.79 Å². The van der Waals surface area contributed by atoms with Crippen molar-refractivity contribution in [2.75, 3.05) is 13.7 Å². The Kier molecular flexibility index (Phi) is 19.3. The van der Waals surface area contributed by atoms with Gasteiger partial charge in [0.15, 0.2) is 0 Å². The standard InChI is InChI=1S/C11H22.C8H15NO2.C2H6/c1-3-7-10(2)11-8-5-4-6-9-11;1-7(2)9-6-4-5-8(10)11-3;1-2/h10-11H,3-9H2,1-2H3;9H,1,4-6H2,2-3H3;1-2H3. The molecule has 0 spiro atoms. The highest BCUT2D eigenvalue weighted by atomic mass is 16.5. The van der Waals surface area contributed by atoms with E-state index in [0.29, 0.717) is 6.42 Å². The fraction of sp³-hybridized carbons (Fsp3) is 0.857. The highest BCUT2D eigenvalue weighted by Gasteiger charge is 2.18. The number of hydrogen-bond acceptors (Lipinski definition) is 3.